The highest BCUT2D eigenvalue weighted by Gasteiger charge is 2.27. The van der Waals surface area contributed by atoms with Gasteiger partial charge < -0.3 is 10.6 Å². The van der Waals surface area contributed by atoms with Gasteiger partial charge in [-0.15, -0.1) is 0 Å². The number of hydrogen-bond donors (Lipinski definition) is 1. The fourth-order valence-corrected chi connectivity index (χ4v) is 2.76. The summed E-state index contributed by atoms with van der Waals surface area (Å²) in [6, 6.07) is 8.85. The minimum Gasteiger partial charge on any atom is -0.336 e. The van der Waals surface area contributed by atoms with Crippen LogP contribution in [-0.2, 0) is 4.79 Å². The Bertz CT molecular complexity index is 413. The summed E-state index contributed by atoms with van der Waals surface area (Å²) in [7, 11) is 0. The van der Waals surface area contributed by atoms with Crippen LogP contribution in [0, 0.1) is 6.92 Å². The van der Waals surface area contributed by atoms with Crippen LogP contribution in [0.2, 0.25) is 0 Å². The van der Waals surface area contributed by atoms with Crippen LogP contribution in [0.3, 0.4) is 0 Å². The van der Waals surface area contributed by atoms with E-state index in [9.17, 15) is 4.79 Å². The molecule has 1 aliphatic rings. The van der Waals surface area contributed by atoms with Crippen molar-refractivity contribution in [1.82, 2.24) is 4.90 Å². The molecule has 1 saturated heterocycles. The van der Waals surface area contributed by atoms with Gasteiger partial charge in [0, 0.05) is 13.0 Å². The molecular formula is C16H24N2O. The van der Waals surface area contributed by atoms with E-state index in [1.165, 1.54) is 17.5 Å². The number of piperidine rings is 1. The number of nitrogens with zero attached hydrogens (tertiary/aromatic N) is 1. The van der Waals surface area contributed by atoms with Crippen LogP contribution >= 0.6 is 0 Å². The molecule has 1 aromatic rings. The number of aryl methyl sites for hydroxylation is 1. The Balaban J connectivity index is 2.11. The maximum atomic E-state index is 12.3. The standard InChI is InChI=1S/C16H24N2O/c1-13-7-9-14(10-8-13)15-5-2-3-12-18(15)16(19)6-4-11-17/h7-10,15H,2-6,11-12,17H2,1H3. The lowest BCUT2D eigenvalue weighted by molar-refractivity contribution is -0.135. The molecule has 0 aliphatic carbocycles. The zero-order chi connectivity index (χ0) is 13.7. The lowest BCUT2D eigenvalue weighted by atomic mass is 9.94. The maximum absolute atomic E-state index is 12.3. The number of nitrogens with two attached hydrogens (primary N) is 1. The van der Waals surface area contributed by atoms with Crippen molar-refractivity contribution >= 4 is 5.91 Å². The Labute approximate surface area is 115 Å². The van der Waals surface area contributed by atoms with E-state index in [0.717, 1.165) is 25.8 Å². The average Bonchev–Trinajstić information content (AvgIpc) is 2.45. The second-order valence-corrected chi connectivity index (χ2v) is 5.40. The first-order valence-electron chi connectivity index (χ1n) is 7.28. The van der Waals surface area contributed by atoms with E-state index < -0.39 is 0 Å². The normalized spacial score (nSPS) is 19.5. The summed E-state index contributed by atoms with van der Waals surface area (Å²) in [5, 5.41) is 0. The van der Waals surface area contributed by atoms with Gasteiger partial charge in [-0.3, -0.25) is 4.79 Å². The molecule has 104 valence electrons. The Hall–Kier alpha value is -1.35. The molecule has 1 fully saturated rings. The minimum absolute atomic E-state index is 0.260. The number of carbonyl (C=O) groups excluding carboxylic acids is 1. The molecule has 19 heavy (non-hydrogen) atoms. The molecule has 1 unspecified atom stereocenters. The van der Waals surface area contributed by atoms with Crippen molar-refractivity contribution < 1.29 is 4.79 Å². The van der Waals surface area contributed by atoms with Gasteiger partial charge in [0.25, 0.3) is 0 Å². The Kier molecular flexibility index (Phi) is 4.97. The quantitative estimate of drug-likeness (QED) is 0.905. The SMILES string of the molecule is Cc1ccc(C2CCCCN2C(=O)CCCN)cc1. The van der Waals surface area contributed by atoms with E-state index in [4.69, 9.17) is 5.73 Å². The summed E-state index contributed by atoms with van der Waals surface area (Å²) in [5.74, 6) is 0.260. The largest absolute Gasteiger partial charge is 0.336 e. The van der Waals surface area contributed by atoms with E-state index in [0.29, 0.717) is 13.0 Å². The molecule has 2 rings (SSSR count). The highest BCUT2D eigenvalue weighted by molar-refractivity contribution is 5.76. The molecule has 2 N–H and O–H groups in total. The third-order valence-electron chi connectivity index (χ3n) is 3.88. The molecular weight excluding hydrogens is 236 g/mol. The molecule has 0 radical (unpaired) electrons. The summed E-state index contributed by atoms with van der Waals surface area (Å²) in [4.78, 5) is 14.3. The molecule has 1 aliphatic heterocycles. The third kappa shape index (κ3) is 3.57. The molecule has 1 heterocycles. The van der Waals surface area contributed by atoms with Crippen LogP contribution < -0.4 is 5.73 Å². The first kappa shape index (κ1) is 14.1. The van der Waals surface area contributed by atoms with Gasteiger partial charge in [-0.25, -0.2) is 0 Å². The van der Waals surface area contributed by atoms with Crippen molar-refractivity contribution in [3.8, 4) is 0 Å². The monoisotopic (exact) mass is 260 g/mol. The Morgan fingerprint density at radius 1 is 1.32 bits per heavy atom. The van der Waals surface area contributed by atoms with Gasteiger partial charge in [0.2, 0.25) is 5.91 Å². The van der Waals surface area contributed by atoms with E-state index in [-0.39, 0.29) is 11.9 Å². The first-order chi connectivity index (χ1) is 9.22. The number of rotatable bonds is 4. The van der Waals surface area contributed by atoms with Gasteiger partial charge >= 0.3 is 0 Å². The summed E-state index contributed by atoms with van der Waals surface area (Å²) in [5.41, 5.74) is 8.03. The fourth-order valence-electron chi connectivity index (χ4n) is 2.76. The van der Waals surface area contributed by atoms with Gasteiger partial charge in [0.15, 0.2) is 0 Å². The van der Waals surface area contributed by atoms with Crippen LogP contribution in [0.1, 0.15) is 49.3 Å². The van der Waals surface area contributed by atoms with Crippen molar-refractivity contribution in [2.75, 3.05) is 13.1 Å². The molecule has 3 heteroatoms. The second-order valence-electron chi connectivity index (χ2n) is 5.40. The summed E-state index contributed by atoms with van der Waals surface area (Å²) < 4.78 is 0. The number of carbonyl (C=O) groups is 1. The van der Waals surface area contributed by atoms with Crippen LogP contribution in [-0.4, -0.2) is 23.9 Å². The van der Waals surface area contributed by atoms with Crippen LogP contribution in [0.25, 0.3) is 0 Å². The molecule has 3 nitrogen and oxygen atoms in total. The van der Waals surface area contributed by atoms with E-state index >= 15 is 0 Å². The molecule has 1 aromatic carbocycles. The van der Waals surface area contributed by atoms with Crippen LogP contribution in [0.15, 0.2) is 24.3 Å². The van der Waals surface area contributed by atoms with Crippen molar-refractivity contribution in [1.29, 1.82) is 0 Å². The molecule has 1 amide bonds. The molecule has 1 atom stereocenters. The van der Waals surface area contributed by atoms with Crippen LogP contribution in [0.4, 0.5) is 0 Å². The Morgan fingerprint density at radius 3 is 2.74 bits per heavy atom. The number of hydrogen-bond acceptors (Lipinski definition) is 2. The predicted octanol–water partition coefficient (Wildman–Crippen LogP) is 2.79. The minimum atomic E-state index is 0.260. The lowest BCUT2D eigenvalue weighted by Gasteiger charge is -2.36. The first-order valence-corrected chi connectivity index (χ1v) is 7.28. The second kappa shape index (κ2) is 6.71. The smallest absolute Gasteiger partial charge is 0.223 e. The third-order valence-corrected chi connectivity index (χ3v) is 3.88. The zero-order valence-electron chi connectivity index (χ0n) is 11.8. The highest BCUT2D eigenvalue weighted by Crippen LogP contribution is 2.31. The van der Waals surface area contributed by atoms with E-state index in [1.54, 1.807) is 0 Å². The number of likely N-dealkylation sites (tertiary alicyclic amines) is 1. The van der Waals surface area contributed by atoms with Crippen molar-refractivity contribution in [3.05, 3.63) is 35.4 Å². The maximum Gasteiger partial charge on any atom is 0.223 e. The van der Waals surface area contributed by atoms with Gasteiger partial charge in [-0.2, -0.15) is 0 Å². The molecule has 0 bridgehead atoms. The average molecular weight is 260 g/mol. The van der Waals surface area contributed by atoms with Crippen molar-refractivity contribution in [2.24, 2.45) is 5.73 Å². The number of benzene rings is 1. The predicted molar refractivity (Wildman–Crippen MR) is 77.8 cm³/mol. The van der Waals surface area contributed by atoms with E-state index in [1.807, 2.05) is 0 Å². The summed E-state index contributed by atoms with van der Waals surface area (Å²) >= 11 is 0. The highest BCUT2D eigenvalue weighted by atomic mass is 16.2. The zero-order valence-corrected chi connectivity index (χ0v) is 11.8. The van der Waals surface area contributed by atoms with Gasteiger partial charge in [0.05, 0.1) is 6.04 Å². The van der Waals surface area contributed by atoms with Crippen LogP contribution in [0.5, 0.6) is 0 Å². The number of amides is 1. The fraction of sp³-hybridized carbons (Fsp3) is 0.562. The summed E-state index contributed by atoms with van der Waals surface area (Å²) in [6.07, 6.45) is 4.78. The lowest BCUT2D eigenvalue weighted by Crippen LogP contribution is -2.38. The van der Waals surface area contributed by atoms with Gasteiger partial charge in [-0.05, 0) is 44.7 Å². The summed E-state index contributed by atoms with van der Waals surface area (Å²) in [6.45, 7) is 3.57. The van der Waals surface area contributed by atoms with E-state index in [2.05, 4.69) is 36.1 Å². The van der Waals surface area contributed by atoms with Gasteiger partial charge in [-0.1, -0.05) is 29.8 Å². The topological polar surface area (TPSA) is 46.3 Å². The van der Waals surface area contributed by atoms with Crippen molar-refractivity contribution in [3.63, 3.8) is 0 Å². The van der Waals surface area contributed by atoms with Crippen molar-refractivity contribution in [2.45, 2.75) is 45.1 Å². The van der Waals surface area contributed by atoms with Gasteiger partial charge in [0.1, 0.15) is 0 Å². The molecule has 0 saturated carbocycles. The molecule has 0 spiro atoms. The Morgan fingerprint density at radius 2 is 2.05 bits per heavy atom. The molecule has 0 aromatic heterocycles.